The van der Waals surface area contributed by atoms with Crippen molar-refractivity contribution in [2.24, 2.45) is 0 Å². The zero-order valence-electron chi connectivity index (χ0n) is 13.3. The fourth-order valence-electron chi connectivity index (χ4n) is 2.41. The van der Waals surface area contributed by atoms with Crippen molar-refractivity contribution in [3.63, 3.8) is 0 Å². The Morgan fingerprint density at radius 3 is 2.48 bits per heavy atom. The fourth-order valence-corrected chi connectivity index (χ4v) is 2.41. The molecule has 4 rings (SSSR count). The van der Waals surface area contributed by atoms with E-state index in [1.54, 1.807) is 12.3 Å². The zero-order chi connectivity index (χ0) is 17.1. The average Bonchev–Trinajstić information content (AvgIpc) is 3.13. The van der Waals surface area contributed by atoms with E-state index in [9.17, 15) is 0 Å². The van der Waals surface area contributed by atoms with Gasteiger partial charge in [0.15, 0.2) is 11.5 Å². The molecule has 2 aromatic carbocycles. The van der Waals surface area contributed by atoms with Gasteiger partial charge in [-0.25, -0.2) is 9.97 Å². The first-order valence-electron chi connectivity index (χ1n) is 7.75. The molecular formula is C19H15N5O. The van der Waals surface area contributed by atoms with Gasteiger partial charge in [-0.3, -0.25) is 5.10 Å². The van der Waals surface area contributed by atoms with Crippen molar-refractivity contribution in [2.45, 2.75) is 0 Å². The van der Waals surface area contributed by atoms with Crippen LogP contribution in [0.2, 0.25) is 0 Å². The van der Waals surface area contributed by atoms with Crippen LogP contribution >= 0.6 is 0 Å². The second kappa shape index (κ2) is 6.45. The second-order valence-corrected chi connectivity index (χ2v) is 5.33. The number of hydrogen-bond donors (Lipinski definition) is 2. The van der Waals surface area contributed by atoms with Crippen molar-refractivity contribution in [3.8, 4) is 11.5 Å². The van der Waals surface area contributed by atoms with E-state index in [1.807, 2.05) is 54.6 Å². The molecule has 0 aliphatic heterocycles. The Balaban J connectivity index is 1.57. The lowest BCUT2D eigenvalue weighted by Crippen LogP contribution is -1.98. The summed E-state index contributed by atoms with van der Waals surface area (Å²) in [5.41, 5.74) is 1.55. The Labute approximate surface area is 144 Å². The van der Waals surface area contributed by atoms with E-state index in [0.29, 0.717) is 17.3 Å². The van der Waals surface area contributed by atoms with Gasteiger partial charge in [0.05, 0.1) is 11.6 Å². The van der Waals surface area contributed by atoms with Gasteiger partial charge in [-0.15, -0.1) is 0 Å². The quantitative estimate of drug-likeness (QED) is 0.562. The molecule has 2 aromatic heterocycles. The lowest BCUT2D eigenvalue weighted by Gasteiger charge is -2.09. The van der Waals surface area contributed by atoms with Gasteiger partial charge in [-0.2, -0.15) is 5.10 Å². The molecule has 0 atom stereocenters. The van der Waals surface area contributed by atoms with Crippen LogP contribution in [0.15, 0.2) is 67.4 Å². The third-order valence-electron chi connectivity index (χ3n) is 3.61. The van der Waals surface area contributed by atoms with Crippen LogP contribution < -0.4 is 10.1 Å². The third-order valence-corrected chi connectivity index (χ3v) is 3.61. The molecular weight excluding hydrogens is 314 g/mol. The summed E-state index contributed by atoms with van der Waals surface area (Å²) >= 11 is 0. The molecule has 0 fully saturated rings. The molecule has 6 heteroatoms. The summed E-state index contributed by atoms with van der Waals surface area (Å²) in [6, 6.07) is 17.3. The van der Waals surface area contributed by atoms with Crippen LogP contribution in [0, 0.1) is 0 Å². The smallest absolute Gasteiger partial charge is 0.161 e. The number of para-hydroxylation sites is 1. The summed E-state index contributed by atoms with van der Waals surface area (Å²) in [7, 11) is 0. The lowest BCUT2D eigenvalue weighted by atomic mass is 10.3. The Morgan fingerprint density at radius 2 is 1.72 bits per heavy atom. The number of nitrogens with zero attached hydrogens (tertiary/aromatic N) is 3. The van der Waals surface area contributed by atoms with E-state index < -0.39 is 0 Å². The molecule has 0 saturated heterocycles. The number of benzene rings is 2. The summed E-state index contributed by atoms with van der Waals surface area (Å²) in [4.78, 5) is 8.76. The fraction of sp³-hybridized carbons (Fsp3) is 0. The highest BCUT2D eigenvalue weighted by Crippen LogP contribution is 2.26. The minimum Gasteiger partial charge on any atom is -0.457 e. The monoisotopic (exact) mass is 329 g/mol. The van der Waals surface area contributed by atoms with Crippen LogP contribution in [0.25, 0.3) is 17.1 Å². The summed E-state index contributed by atoms with van der Waals surface area (Å²) in [6.07, 6.45) is 3.29. The maximum Gasteiger partial charge on any atom is 0.161 e. The number of hydrogen-bond acceptors (Lipinski definition) is 5. The zero-order valence-corrected chi connectivity index (χ0v) is 13.3. The number of aromatic amines is 1. The number of anilines is 2. The van der Waals surface area contributed by atoms with Crippen molar-refractivity contribution in [3.05, 3.63) is 73.2 Å². The van der Waals surface area contributed by atoms with Crippen LogP contribution in [-0.2, 0) is 0 Å². The molecule has 25 heavy (non-hydrogen) atoms. The van der Waals surface area contributed by atoms with Gasteiger partial charge in [0.1, 0.15) is 17.3 Å². The molecule has 0 saturated carbocycles. The van der Waals surface area contributed by atoms with Gasteiger partial charge in [-0.1, -0.05) is 24.8 Å². The number of aromatic nitrogens is 4. The molecule has 4 aromatic rings. The topological polar surface area (TPSA) is 75.7 Å². The Morgan fingerprint density at radius 1 is 0.960 bits per heavy atom. The number of H-pyrrole nitrogens is 1. The van der Waals surface area contributed by atoms with Crippen LogP contribution in [0.3, 0.4) is 0 Å². The van der Waals surface area contributed by atoms with E-state index in [2.05, 4.69) is 32.1 Å². The van der Waals surface area contributed by atoms with Crippen molar-refractivity contribution >= 4 is 28.6 Å². The number of nitrogens with one attached hydrogen (secondary N) is 2. The molecule has 0 aliphatic carbocycles. The number of rotatable bonds is 5. The van der Waals surface area contributed by atoms with E-state index in [-0.39, 0.29) is 0 Å². The van der Waals surface area contributed by atoms with Gasteiger partial charge < -0.3 is 10.1 Å². The normalized spacial score (nSPS) is 10.6. The van der Waals surface area contributed by atoms with E-state index in [1.165, 1.54) is 0 Å². The molecule has 0 bridgehead atoms. The highest BCUT2D eigenvalue weighted by Gasteiger charge is 2.08. The molecule has 0 aliphatic rings. The first-order valence-corrected chi connectivity index (χ1v) is 7.75. The molecule has 0 radical (unpaired) electrons. The first kappa shape index (κ1) is 14.9. The van der Waals surface area contributed by atoms with Gasteiger partial charge in [0, 0.05) is 5.69 Å². The summed E-state index contributed by atoms with van der Waals surface area (Å²) in [5.74, 6) is 2.77. The van der Waals surface area contributed by atoms with Gasteiger partial charge in [-0.05, 0) is 42.5 Å². The molecule has 0 spiro atoms. The van der Waals surface area contributed by atoms with Gasteiger partial charge in [0.25, 0.3) is 0 Å². The average molecular weight is 329 g/mol. The van der Waals surface area contributed by atoms with Crippen molar-refractivity contribution in [1.82, 2.24) is 20.2 Å². The highest BCUT2D eigenvalue weighted by molar-refractivity contribution is 5.88. The third kappa shape index (κ3) is 3.18. The Kier molecular flexibility index (Phi) is 3.84. The van der Waals surface area contributed by atoms with Crippen molar-refractivity contribution in [2.75, 3.05) is 5.32 Å². The number of ether oxygens (including phenoxy) is 1. The van der Waals surface area contributed by atoms with E-state index >= 15 is 0 Å². The molecule has 6 nitrogen and oxygen atoms in total. The van der Waals surface area contributed by atoms with Crippen LogP contribution in [0.4, 0.5) is 11.5 Å². The standard InChI is InChI=1S/C19H15N5O/c1-2-17-22-18(16-12-20-24-19(16)23-17)21-13-8-10-15(11-9-13)25-14-6-4-3-5-7-14/h2-12H,1H2,(H2,20,21,22,23,24). The lowest BCUT2D eigenvalue weighted by molar-refractivity contribution is 0.483. The predicted molar refractivity (Wildman–Crippen MR) is 98.0 cm³/mol. The minimum absolute atomic E-state index is 0.531. The van der Waals surface area contributed by atoms with Crippen LogP contribution in [0.5, 0.6) is 11.5 Å². The van der Waals surface area contributed by atoms with Gasteiger partial charge >= 0.3 is 0 Å². The Bertz CT molecular complexity index is 1010. The molecule has 0 unspecified atom stereocenters. The number of fused-ring (bicyclic) bond motifs is 1. The van der Waals surface area contributed by atoms with E-state index in [0.717, 1.165) is 22.6 Å². The maximum atomic E-state index is 5.80. The molecule has 0 amide bonds. The summed E-state index contributed by atoms with van der Waals surface area (Å²) in [5, 5.41) is 11.0. The first-order chi connectivity index (χ1) is 12.3. The van der Waals surface area contributed by atoms with Crippen molar-refractivity contribution in [1.29, 1.82) is 0 Å². The maximum absolute atomic E-state index is 5.80. The van der Waals surface area contributed by atoms with E-state index in [4.69, 9.17) is 4.74 Å². The minimum atomic E-state index is 0.531. The largest absolute Gasteiger partial charge is 0.457 e. The SMILES string of the molecule is C=Cc1nc(Nc2ccc(Oc3ccccc3)cc2)c2cn[nH]c2n1. The summed E-state index contributed by atoms with van der Waals surface area (Å²) in [6.45, 7) is 3.72. The highest BCUT2D eigenvalue weighted by atomic mass is 16.5. The molecule has 2 heterocycles. The Hall–Kier alpha value is -3.67. The van der Waals surface area contributed by atoms with Gasteiger partial charge in [0.2, 0.25) is 0 Å². The molecule has 2 N–H and O–H groups in total. The predicted octanol–water partition coefficient (Wildman–Crippen LogP) is 4.53. The van der Waals surface area contributed by atoms with Crippen LogP contribution in [-0.4, -0.2) is 20.2 Å². The van der Waals surface area contributed by atoms with Crippen molar-refractivity contribution < 1.29 is 4.74 Å². The van der Waals surface area contributed by atoms with Crippen LogP contribution in [0.1, 0.15) is 5.82 Å². The summed E-state index contributed by atoms with van der Waals surface area (Å²) < 4.78 is 5.80. The second-order valence-electron chi connectivity index (χ2n) is 5.33. The molecule has 122 valence electrons.